The molecule has 0 aromatic rings. The summed E-state index contributed by atoms with van der Waals surface area (Å²) in [7, 11) is 1.99. The zero-order valence-electron chi connectivity index (χ0n) is 8.21. The van der Waals surface area contributed by atoms with Crippen molar-refractivity contribution in [2.45, 2.75) is 26.3 Å². The topological polar surface area (TPSA) is 23.6 Å². The molecule has 0 radical (unpaired) electrons. The molecule has 1 atom stereocenters. The van der Waals surface area contributed by atoms with E-state index in [2.05, 4.69) is 18.7 Å². The first-order valence-electron chi connectivity index (χ1n) is 4.63. The Morgan fingerprint density at radius 2 is 2.17 bits per heavy atom. The number of amides is 1. The molecule has 1 saturated heterocycles. The number of hydrogen-bond donors (Lipinski definition) is 0. The smallest absolute Gasteiger partial charge is 0.237 e. The first kappa shape index (κ1) is 9.52. The molecule has 1 rings (SSSR count). The molecular formula is C9H18N2O. The van der Waals surface area contributed by atoms with Crippen LogP contribution in [0.1, 0.15) is 20.3 Å². The summed E-state index contributed by atoms with van der Waals surface area (Å²) in [6, 6.07) is 0.409. The molecule has 1 heterocycles. The molecule has 0 aromatic carbocycles. The van der Waals surface area contributed by atoms with Gasteiger partial charge in [-0.05, 0) is 20.4 Å². The van der Waals surface area contributed by atoms with Crippen LogP contribution in [-0.4, -0.2) is 48.4 Å². The summed E-state index contributed by atoms with van der Waals surface area (Å²) in [4.78, 5) is 15.5. The third kappa shape index (κ3) is 1.97. The Hall–Kier alpha value is -0.570. The van der Waals surface area contributed by atoms with Crippen molar-refractivity contribution in [3.63, 3.8) is 0 Å². The van der Waals surface area contributed by atoms with Crippen LogP contribution >= 0.6 is 0 Å². The monoisotopic (exact) mass is 170 g/mol. The van der Waals surface area contributed by atoms with Gasteiger partial charge in [-0.2, -0.15) is 0 Å². The lowest BCUT2D eigenvalue weighted by Gasteiger charge is -2.35. The van der Waals surface area contributed by atoms with Gasteiger partial charge in [-0.25, -0.2) is 0 Å². The van der Waals surface area contributed by atoms with Crippen molar-refractivity contribution in [2.24, 2.45) is 0 Å². The minimum atomic E-state index is 0.276. The molecule has 1 aliphatic rings. The highest BCUT2D eigenvalue weighted by atomic mass is 16.2. The van der Waals surface area contributed by atoms with Crippen LogP contribution < -0.4 is 0 Å². The van der Waals surface area contributed by atoms with Crippen molar-refractivity contribution in [1.82, 2.24) is 9.80 Å². The van der Waals surface area contributed by atoms with Gasteiger partial charge in [-0.1, -0.05) is 6.92 Å². The highest BCUT2D eigenvalue weighted by Gasteiger charge is 2.24. The quantitative estimate of drug-likeness (QED) is 0.604. The lowest BCUT2D eigenvalue weighted by Crippen LogP contribution is -2.51. The van der Waals surface area contributed by atoms with Gasteiger partial charge in [0.05, 0.1) is 6.54 Å². The highest BCUT2D eigenvalue weighted by Crippen LogP contribution is 2.08. The van der Waals surface area contributed by atoms with E-state index in [0.717, 1.165) is 19.5 Å². The van der Waals surface area contributed by atoms with Gasteiger partial charge in [0.2, 0.25) is 5.91 Å². The van der Waals surface area contributed by atoms with E-state index < -0.39 is 0 Å². The lowest BCUT2D eigenvalue weighted by molar-refractivity contribution is -0.137. The summed E-state index contributed by atoms with van der Waals surface area (Å²) in [5.74, 6) is 0.276. The van der Waals surface area contributed by atoms with E-state index in [-0.39, 0.29) is 5.91 Å². The SMILES string of the molecule is CCC(C)N1CCN(C)CC1=O. The van der Waals surface area contributed by atoms with Gasteiger partial charge in [-0.15, -0.1) is 0 Å². The fourth-order valence-corrected chi connectivity index (χ4v) is 1.49. The number of nitrogens with zero attached hydrogens (tertiary/aromatic N) is 2. The second-order valence-electron chi connectivity index (χ2n) is 3.58. The largest absolute Gasteiger partial charge is 0.338 e. The molecule has 0 N–H and O–H groups in total. The molecule has 0 aromatic heterocycles. The van der Waals surface area contributed by atoms with E-state index in [1.807, 2.05) is 11.9 Å². The Balaban J connectivity index is 2.50. The molecule has 1 amide bonds. The molecule has 1 unspecified atom stereocenters. The summed E-state index contributed by atoms with van der Waals surface area (Å²) in [5.41, 5.74) is 0. The standard InChI is InChI=1S/C9H18N2O/c1-4-8(2)11-6-5-10(3)7-9(11)12/h8H,4-7H2,1-3H3. The van der Waals surface area contributed by atoms with Crippen LogP contribution in [0.3, 0.4) is 0 Å². The van der Waals surface area contributed by atoms with E-state index in [1.165, 1.54) is 0 Å². The van der Waals surface area contributed by atoms with Crippen molar-refractivity contribution in [2.75, 3.05) is 26.7 Å². The van der Waals surface area contributed by atoms with Crippen LogP contribution in [0.2, 0.25) is 0 Å². The average Bonchev–Trinajstić information content (AvgIpc) is 2.03. The third-order valence-corrected chi connectivity index (χ3v) is 2.57. The highest BCUT2D eigenvalue weighted by molar-refractivity contribution is 5.79. The first-order chi connectivity index (χ1) is 5.65. The van der Waals surface area contributed by atoms with Crippen LogP contribution in [0.15, 0.2) is 0 Å². The fraction of sp³-hybridized carbons (Fsp3) is 0.889. The Bertz CT molecular complexity index is 170. The number of hydrogen-bond acceptors (Lipinski definition) is 2. The second-order valence-corrected chi connectivity index (χ2v) is 3.58. The zero-order valence-corrected chi connectivity index (χ0v) is 8.21. The van der Waals surface area contributed by atoms with Crippen LogP contribution in [0.25, 0.3) is 0 Å². The summed E-state index contributed by atoms with van der Waals surface area (Å²) in [5, 5.41) is 0. The van der Waals surface area contributed by atoms with Crippen molar-refractivity contribution in [3.05, 3.63) is 0 Å². The van der Waals surface area contributed by atoms with E-state index >= 15 is 0 Å². The van der Waals surface area contributed by atoms with Gasteiger partial charge in [0, 0.05) is 19.1 Å². The Kier molecular flexibility index (Phi) is 3.09. The van der Waals surface area contributed by atoms with Gasteiger partial charge in [-0.3, -0.25) is 9.69 Å². The van der Waals surface area contributed by atoms with Gasteiger partial charge in [0.1, 0.15) is 0 Å². The number of carbonyl (C=O) groups excluding carboxylic acids is 1. The summed E-state index contributed by atoms with van der Waals surface area (Å²) in [6.07, 6.45) is 1.05. The van der Waals surface area contributed by atoms with Crippen molar-refractivity contribution in [1.29, 1.82) is 0 Å². The predicted molar refractivity (Wildman–Crippen MR) is 49.0 cm³/mol. The molecule has 1 fully saturated rings. The molecule has 0 spiro atoms. The van der Waals surface area contributed by atoms with Crippen LogP contribution in [0.4, 0.5) is 0 Å². The molecule has 3 heteroatoms. The third-order valence-electron chi connectivity index (χ3n) is 2.57. The molecule has 12 heavy (non-hydrogen) atoms. The van der Waals surface area contributed by atoms with Crippen molar-refractivity contribution < 1.29 is 4.79 Å². The van der Waals surface area contributed by atoms with E-state index in [9.17, 15) is 4.79 Å². The molecule has 70 valence electrons. The zero-order chi connectivity index (χ0) is 9.14. The predicted octanol–water partition coefficient (Wildman–Crippen LogP) is 0.559. The average molecular weight is 170 g/mol. The van der Waals surface area contributed by atoms with E-state index in [0.29, 0.717) is 12.6 Å². The maximum absolute atomic E-state index is 11.5. The van der Waals surface area contributed by atoms with Gasteiger partial charge in [0.25, 0.3) is 0 Å². The molecule has 1 aliphatic heterocycles. The normalized spacial score (nSPS) is 22.9. The van der Waals surface area contributed by atoms with Gasteiger partial charge < -0.3 is 4.90 Å². The number of carbonyl (C=O) groups is 1. The molecule has 0 saturated carbocycles. The van der Waals surface area contributed by atoms with Crippen molar-refractivity contribution >= 4 is 5.91 Å². The second kappa shape index (κ2) is 3.90. The van der Waals surface area contributed by atoms with E-state index in [4.69, 9.17) is 0 Å². The van der Waals surface area contributed by atoms with Crippen molar-refractivity contribution in [3.8, 4) is 0 Å². The Morgan fingerprint density at radius 3 is 2.67 bits per heavy atom. The molecule has 0 aliphatic carbocycles. The van der Waals surface area contributed by atoms with Gasteiger partial charge >= 0.3 is 0 Å². The number of rotatable bonds is 2. The number of piperazine rings is 1. The maximum Gasteiger partial charge on any atom is 0.237 e. The summed E-state index contributed by atoms with van der Waals surface area (Å²) in [6.45, 7) is 6.73. The number of likely N-dealkylation sites (N-methyl/N-ethyl adjacent to an activating group) is 1. The maximum atomic E-state index is 11.5. The summed E-state index contributed by atoms with van der Waals surface area (Å²) >= 11 is 0. The molecule has 0 bridgehead atoms. The minimum Gasteiger partial charge on any atom is -0.338 e. The fourth-order valence-electron chi connectivity index (χ4n) is 1.49. The molecule has 3 nitrogen and oxygen atoms in total. The van der Waals surface area contributed by atoms with Crippen LogP contribution in [-0.2, 0) is 4.79 Å². The first-order valence-corrected chi connectivity index (χ1v) is 4.63. The van der Waals surface area contributed by atoms with Gasteiger partial charge in [0.15, 0.2) is 0 Å². The van der Waals surface area contributed by atoms with E-state index in [1.54, 1.807) is 0 Å². The van der Waals surface area contributed by atoms with Crippen LogP contribution in [0.5, 0.6) is 0 Å². The lowest BCUT2D eigenvalue weighted by atomic mass is 10.2. The Morgan fingerprint density at radius 1 is 1.50 bits per heavy atom. The summed E-state index contributed by atoms with van der Waals surface area (Å²) < 4.78 is 0. The minimum absolute atomic E-state index is 0.276. The molecular weight excluding hydrogens is 152 g/mol. The Labute approximate surface area is 74.3 Å². The van der Waals surface area contributed by atoms with Crippen LogP contribution in [0, 0.1) is 0 Å².